The summed E-state index contributed by atoms with van der Waals surface area (Å²) in [6.07, 6.45) is 0. The summed E-state index contributed by atoms with van der Waals surface area (Å²) < 4.78 is 0. The van der Waals surface area contributed by atoms with Crippen molar-refractivity contribution in [1.82, 2.24) is 0 Å². The molecule has 7 heavy (non-hydrogen) atoms. The molecule has 0 unspecified atom stereocenters. The first-order valence-corrected chi connectivity index (χ1v) is 0. The van der Waals surface area contributed by atoms with Gasteiger partial charge in [-0.1, -0.05) is 0 Å². The molecule has 0 fully saturated rings. The second-order valence-corrected chi connectivity index (χ2v) is 0. The fourth-order valence-electron chi connectivity index (χ4n) is 0. The maximum atomic E-state index is 0. The zero-order chi connectivity index (χ0) is 0. The summed E-state index contributed by atoms with van der Waals surface area (Å²) in [5.41, 5.74) is 0. The second kappa shape index (κ2) is 56.2. The Hall–Kier alpha value is 3.48. The van der Waals surface area contributed by atoms with Gasteiger partial charge in [-0.25, -0.2) is 0 Å². The van der Waals surface area contributed by atoms with Gasteiger partial charge in [0.05, 0.1) is 0 Å². The van der Waals surface area contributed by atoms with E-state index in [1.807, 2.05) is 0 Å². The van der Waals surface area contributed by atoms with Crippen LogP contribution in [0.1, 0.15) is 0 Å². The second-order valence-electron chi connectivity index (χ2n) is 0. The van der Waals surface area contributed by atoms with Gasteiger partial charge >= 0.3 is 71.0 Å². The van der Waals surface area contributed by atoms with Crippen molar-refractivity contribution in [2.24, 2.45) is 0 Å². The zero-order valence-electron chi connectivity index (χ0n) is 3.05. The third-order valence-corrected chi connectivity index (χ3v) is 0. The Labute approximate surface area is 99.6 Å². The van der Waals surface area contributed by atoms with Gasteiger partial charge in [-0.05, 0) is 0 Å². The Morgan fingerprint density at radius 1 is 0.429 bits per heavy atom. The van der Waals surface area contributed by atoms with Crippen molar-refractivity contribution in [3.05, 3.63) is 0 Å². The minimum atomic E-state index is 0. The maximum Gasteiger partial charge on any atom is 3.00 e. The summed E-state index contributed by atoms with van der Waals surface area (Å²) in [4.78, 5) is 0. The molecule has 0 atom stereocenters. The van der Waals surface area contributed by atoms with Gasteiger partial charge in [0.1, 0.15) is 0 Å². The molecule has 0 N–H and O–H groups in total. The predicted octanol–water partition coefficient (Wildman–Crippen LogP) is 2.20. The Bertz CT molecular complexity index is 10.1. The van der Waals surface area contributed by atoms with Crippen LogP contribution in [0.3, 0.4) is 0 Å². The third-order valence-electron chi connectivity index (χ3n) is 0. The third kappa shape index (κ3) is 43.8. The van der Waals surface area contributed by atoms with Crippen LogP contribution in [-0.4, -0.2) is 19.8 Å². The minimum Gasteiger partial charge on any atom is -3.00 e. The number of rotatable bonds is 0. The van der Waals surface area contributed by atoms with Gasteiger partial charge < -0.3 is 29.7 Å². The summed E-state index contributed by atoms with van der Waals surface area (Å²) in [5.74, 6) is 0. The van der Waals surface area contributed by atoms with Crippen molar-refractivity contribution >= 4 is 49.5 Å². The Kier molecular flexibility index (Phi) is 624. The molecule has 7 heteroatoms. The van der Waals surface area contributed by atoms with Crippen LogP contribution in [0.2, 0.25) is 0 Å². The average Bonchev–Trinajstić information content (AvgIpc) is 0. The van der Waals surface area contributed by atoms with Crippen LogP contribution >= 0.6 is 29.7 Å². The standard InChI is InChI=1S/Ga.3Mn.3P/q+3;3*+2;3*-3. The Balaban J connectivity index is 0. The van der Waals surface area contributed by atoms with Crippen molar-refractivity contribution in [3.8, 4) is 0 Å². The van der Waals surface area contributed by atoms with Crippen LogP contribution in [0.25, 0.3) is 0 Å². The maximum absolute atomic E-state index is 0. The fraction of sp³-hybridized carbons (Fsp3) is 0. The van der Waals surface area contributed by atoms with E-state index in [0.29, 0.717) is 0 Å². The quantitative estimate of drug-likeness (QED) is 0.473. The van der Waals surface area contributed by atoms with E-state index in [4.69, 9.17) is 0 Å². The van der Waals surface area contributed by atoms with Crippen LogP contribution in [0.5, 0.6) is 0 Å². The number of hydrogen-bond donors (Lipinski definition) is 0. The van der Waals surface area contributed by atoms with Crippen LogP contribution in [0.4, 0.5) is 0 Å². The normalized spacial score (nSPS) is 0. The largest absolute Gasteiger partial charge is 3.00 e. The van der Waals surface area contributed by atoms with Gasteiger partial charge in [0, 0.05) is 0 Å². The van der Waals surface area contributed by atoms with Gasteiger partial charge in [-0.15, -0.1) is 0 Å². The van der Waals surface area contributed by atoms with E-state index < -0.39 is 0 Å². The molecule has 0 aromatic rings. The average molecular weight is 327 g/mol. The number of hydrogen-bond acceptors (Lipinski definition) is 0. The van der Waals surface area contributed by atoms with Crippen LogP contribution < -0.4 is 0 Å². The summed E-state index contributed by atoms with van der Waals surface area (Å²) in [5, 5.41) is 0. The van der Waals surface area contributed by atoms with E-state index in [0.717, 1.165) is 0 Å². The van der Waals surface area contributed by atoms with E-state index in [1.165, 1.54) is 0 Å². The molecule has 0 aromatic heterocycles. The summed E-state index contributed by atoms with van der Waals surface area (Å²) in [7, 11) is 0. The zero-order valence-corrected chi connectivity index (χ0v) is 11.7. The van der Waals surface area contributed by atoms with Gasteiger partial charge in [-0.3, -0.25) is 0 Å². The molecule has 0 amide bonds. The predicted molar refractivity (Wildman–Crippen MR) is 26.5 cm³/mol. The van der Waals surface area contributed by atoms with Crippen molar-refractivity contribution < 1.29 is 51.2 Å². The molecular formula is GaMn3P3. The first-order valence-electron chi connectivity index (χ1n) is 0. The van der Waals surface area contributed by atoms with E-state index in [1.54, 1.807) is 0 Å². The van der Waals surface area contributed by atoms with Gasteiger partial charge in [-0.2, -0.15) is 0 Å². The van der Waals surface area contributed by atoms with E-state index in [-0.39, 0.29) is 101 Å². The van der Waals surface area contributed by atoms with Crippen LogP contribution in [-0.2, 0) is 51.2 Å². The van der Waals surface area contributed by atoms with Crippen molar-refractivity contribution in [2.45, 2.75) is 0 Å². The molecule has 0 aromatic carbocycles. The molecule has 3 radical (unpaired) electrons. The smallest absolute Gasteiger partial charge is 3.00 e. The molecule has 0 aliphatic heterocycles. The van der Waals surface area contributed by atoms with E-state index in [2.05, 4.69) is 0 Å². The summed E-state index contributed by atoms with van der Waals surface area (Å²) in [6.45, 7) is 0. The first kappa shape index (κ1) is 77.7. The minimum absolute atomic E-state index is 0. The fourth-order valence-corrected chi connectivity index (χ4v) is 0. The topological polar surface area (TPSA) is 0 Å². The molecule has 0 aliphatic rings. The molecule has 0 aliphatic carbocycles. The molecule has 0 heterocycles. The molecular weight excluding hydrogens is 327 g/mol. The van der Waals surface area contributed by atoms with Crippen molar-refractivity contribution in [2.75, 3.05) is 0 Å². The molecule has 0 nitrogen and oxygen atoms in total. The first-order chi connectivity index (χ1) is 0. The van der Waals surface area contributed by atoms with Crippen molar-refractivity contribution in [3.63, 3.8) is 0 Å². The molecule has 39 valence electrons. The summed E-state index contributed by atoms with van der Waals surface area (Å²) >= 11 is 0. The van der Waals surface area contributed by atoms with E-state index >= 15 is 0 Å². The van der Waals surface area contributed by atoms with Crippen LogP contribution in [0.15, 0.2) is 0 Å². The van der Waals surface area contributed by atoms with E-state index in [9.17, 15) is 0 Å². The van der Waals surface area contributed by atoms with Crippen molar-refractivity contribution in [1.29, 1.82) is 0 Å². The molecule has 0 spiro atoms. The molecule has 0 saturated heterocycles. The Morgan fingerprint density at radius 2 is 0.429 bits per heavy atom. The van der Waals surface area contributed by atoms with Gasteiger partial charge in [0.15, 0.2) is 0 Å². The van der Waals surface area contributed by atoms with Gasteiger partial charge in [0.25, 0.3) is 0 Å². The molecule has 0 saturated carbocycles. The Morgan fingerprint density at radius 3 is 0.429 bits per heavy atom. The monoisotopic (exact) mass is 327 g/mol. The summed E-state index contributed by atoms with van der Waals surface area (Å²) in [6, 6.07) is 0. The SMILES string of the molecule is [Ga+3].[Mn+2].[Mn+2].[Mn+2].[P-3].[P-3].[P-3]. The van der Waals surface area contributed by atoms with Gasteiger partial charge in [0.2, 0.25) is 0 Å². The molecule has 0 bridgehead atoms. The molecule has 0 rings (SSSR count). The van der Waals surface area contributed by atoms with Crippen LogP contribution in [0, 0.1) is 0 Å².